The molecule has 1 heterocycles. The second kappa shape index (κ2) is 4.34. The lowest BCUT2D eigenvalue weighted by molar-refractivity contribution is -0.146. The van der Waals surface area contributed by atoms with Gasteiger partial charge in [-0.1, -0.05) is 0 Å². The third-order valence-electron chi connectivity index (χ3n) is 3.83. The molecule has 1 amide bonds. The Bertz CT molecular complexity index is 269. The molecule has 1 saturated heterocycles. The molecule has 1 aliphatic rings. The number of carbonyl (C=O) groups is 1. The molecular weight excluding hydrogens is 204 g/mol. The monoisotopic (exact) mass is 228 g/mol. The van der Waals surface area contributed by atoms with Crippen molar-refractivity contribution in [3.05, 3.63) is 0 Å². The van der Waals surface area contributed by atoms with Gasteiger partial charge in [0.1, 0.15) is 0 Å². The highest BCUT2D eigenvalue weighted by Crippen LogP contribution is 2.31. The van der Waals surface area contributed by atoms with Crippen molar-refractivity contribution in [1.82, 2.24) is 4.90 Å². The van der Waals surface area contributed by atoms with Crippen LogP contribution in [-0.2, 0) is 4.79 Å². The van der Waals surface area contributed by atoms with E-state index in [0.717, 1.165) is 19.4 Å². The fourth-order valence-corrected chi connectivity index (χ4v) is 1.81. The lowest BCUT2D eigenvalue weighted by Crippen LogP contribution is -2.58. The van der Waals surface area contributed by atoms with Crippen LogP contribution >= 0.6 is 0 Å². The van der Waals surface area contributed by atoms with Crippen LogP contribution in [0.1, 0.15) is 40.5 Å². The Morgan fingerprint density at radius 2 is 1.94 bits per heavy atom. The summed E-state index contributed by atoms with van der Waals surface area (Å²) in [6.07, 6.45) is 1.28. The van der Waals surface area contributed by atoms with Crippen molar-refractivity contribution in [3.63, 3.8) is 0 Å². The van der Waals surface area contributed by atoms with Gasteiger partial charge in [0.15, 0.2) is 0 Å². The molecular formula is C12H24N2O2. The van der Waals surface area contributed by atoms with E-state index in [0.29, 0.717) is 6.54 Å². The largest absolute Gasteiger partial charge is 0.391 e. The first-order valence-corrected chi connectivity index (χ1v) is 5.92. The molecule has 0 saturated carbocycles. The summed E-state index contributed by atoms with van der Waals surface area (Å²) >= 11 is 0. The number of hydrogen-bond acceptors (Lipinski definition) is 3. The predicted molar refractivity (Wildman–Crippen MR) is 63.9 cm³/mol. The van der Waals surface area contributed by atoms with Crippen molar-refractivity contribution in [2.45, 2.75) is 52.2 Å². The van der Waals surface area contributed by atoms with Gasteiger partial charge < -0.3 is 15.7 Å². The van der Waals surface area contributed by atoms with Crippen molar-refractivity contribution in [3.8, 4) is 0 Å². The molecule has 3 N–H and O–H groups in total. The number of amides is 1. The minimum atomic E-state index is -0.607. The Morgan fingerprint density at radius 1 is 1.38 bits per heavy atom. The molecule has 1 rings (SSSR count). The molecule has 1 aliphatic heterocycles. The molecule has 4 nitrogen and oxygen atoms in total. The normalized spacial score (nSPS) is 23.4. The predicted octanol–water partition coefficient (Wildman–Crippen LogP) is 0.733. The molecule has 0 radical (unpaired) electrons. The standard InChI is InChI=1S/C12H24N2O2/c1-11(2,12(3,4)13)10(16)14-7-5-6-9(15)8-14/h9,15H,5-8,13H2,1-4H3. The molecule has 0 aromatic carbocycles. The second-order valence-corrected chi connectivity index (χ2v) is 5.89. The number of piperidine rings is 1. The van der Waals surface area contributed by atoms with Crippen LogP contribution in [0.3, 0.4) is 0 Å². The number of carbonyl (C=O) groups excluding carboxylic acids is 1. The molecule has 16 heavy (non-hydrogen) atoms. The summed E-state index contributed by atoms with van der Waals surface area (Å²) in [6, 6.07) is 0. The molecule has 1 atom stereocenters. The number of rotatable bonds is 2. The molecule has 1 fully saturated rings. The zero-order valence-electron chi connectivity index (χ0n) is 10.8. The topological polar surface area (TPSA) is 66.6 Å². The zero-order valence-corrected chi connectivity index (χ0v) is 10.8. The zero-order chi connectivity index (χ0) is 12.6. The number of β-amino-alcohol motifs (C(OH)–C–C–N with tert-alkyl or cyclic N) is 1. The van der Waals surface area contributed by atoms with Crippen LogP contribution in [0.2, 0.25) is 0 Å². The van der Waals surface area contributed by atoms with Crippen molar-refractivity contribution < 1.29 is 9.90 Å². The fourth-order valence-electron chi connectivity index (χ4n) is 1.81. The van der Waals surface area contributed by atoms with Crippen molar-refractivity contribution >= 4 is 5.91 Å². The average Bonchev–Trinajstić information content (AvgIpc) is 2.14. The number of hydrogen-bond donors (Lipinski definition) is 2. The highest BCUT2D eigenvalue weighted by atomic mass is 16.3. The van der Waals surface area contributed by atoms with Gasteiger partial charge in [0.05, 0.1) is 11.5 Å². The van der Waals surface area contributed by atoms with E-state index in [4.69, 9.17) is 5.73 Å². The van der Waals surface area contributed by atoms with E-state index in [-0.39, 0.29) is 12.0 Å². The minimum Gasteiger partial charge on any atom is -0.391 e. The quantitative estimate of drug-likeness (QED) is 0.732. The lowest BCUT2D eigenvalue weighted by atomic mass is 9.74. The van der Waals surface area contributed by atoms with Gasteiger partial charge in [0.25, 0.3) is 0 Å². The van der Waals surface area contributed by atoms with Crippen LogP contribution < -0.4 is 5.73 Å². The molecule has 1 unspecified atom stereocenters. The van der Waals surface area contributed by atoms with Gasteiger partial charge in [0, 0.05) is 18.6 Å². The van der Waals surface area contributed by atoms with Crippen LogP contribution in [0, 0.1) is 5.41 Å². The maximum Gasteiger partial charge on any atom is 0.230 e. The van der Waals surface area contributed by atoms with Crippen molar-refractivity contribution in [2.24, 2.45) is 11.1 Å². The van der Waals surface area contributed by atoms with Gasteiger partial charge in [-0.05, 0) is 40.5 Å². The molecule has 0 aromatic rings. The Balaban J connectivity index is 2.77. The third-order valence-corrected chi connectivity index (χ3v) is 3.83. The summed E-state index contributed by atoms with van der Waals surface area (Å²) in [5.74, 6) is 0.0405. The third kappa shape index (κ3) is 2.55. The number of nitrogens with two attached hydrogens (primary N) is 1. The fraction of sp³-hybridized carbons (Fsp3) is 0.917. The van der Waals surface area contributed by atoms with E-state index >= 15 is 0 Å². The van der Waals surface area contributed by atoms with Crippen molar-refractivity contribution in [2.75, 3.05) is 13.1 Å². The van der Waals surface area contributed by atoms with E-state index in [1.807, 2.05) is 27.7 Å². The van der Waals surface area contributed by atoms with E-state index in [9.17, 15) is 9.90 Å². The Kier molecular flexibility index (Phi) is 3.65. The van der Waals surface area contributed by atoms with Crippen LogP contribution in [0.4, 0.5) is 0 Å². The average molecular weight is 228 g/mol. The summed E-state index contributed by atoms with van der Waals surface area (Å²) in [5.41, 5.74) is 4.88. The van der Waals surface area contributed by atoms with Crippen LogP contribution in [0.5, 0.6) is 0 Å². The van der Waals surface area contributed by atoms with Gasteiger partial charge in [-0.3, -0.25) is 4.79 Å². The Labute approximate surface area is 97.8 Å². The highest BCUT2D eigenvalue weighted by Gasteiger charge is 2.43. The molecule has 0 aromatic heterocycles. The van der Waals surface area contributed by atoms with Gasteiger partial charge in [0.2, 0.25) is 5.91 Å². The second-order valence-electron chi connectivity index (χ2n) is 5.89. The summed E-state index contributed by atoms with van der Waals surface area (Å²) in [6.45, 7) is 8.65. The van der Waals surface area contributed by atoms with Gasteiger partial charge >= 0.3 is 0 Å². The van der Waals surface area contributed by atoms with E-state index in [1.165, 1.54) is 0 Å². The molecule has 0 spiro atoms. The molecule has 0 bridgehead atoms. The van der Waals surface area contributed by atoms with E-state index in [1.54, 1.807) is 4.90 Å². The van der Waals surface area contributed by atoms with Gasteiger partial charge in [-0.25, -0.2) is 0 Å². The number of nitrogens with zero attached hydrogens (tertiary/aromatic N) is 1. The SMILES string of the molecule is CC(C)(N)C(C)(C)C(=O)N1CCCC(O)C1. The lowest BCUT2D eigenvalue weighted by Gasteiger charge is -2.42. The maximum absolute atomic E-state index is 12.3. The van der Waals surface area contributed by atoms with E-state index in [2.05, 4.69) is 0 Å². The summed E-state index contributed by atoms with van der Waals surface area (Å²) in [5, 5.41) is 9.57. The molecule has 94 valence electrons. The number of aliphatic hydroxyl groups is 1. The number of likely N-dealkylation sites (tertiary alicyclic amines) is 1. The van der Waals surface area contributed by atoms with Crippen molar-refractivity contribution in [1.29, 1.82) is 0 Å². The first kappa shape index (κ1) is 13.5. The minimum absolute atomic E-state index is 0.0405. The Hall–Kier alpha value is -0.610. The maximum atomic E-state index is 12.3. The summed E-state index contributed by atoms with van der Waals surface area (Å²) < 4.78 is 0. The summed E-state index contributed by atoms with van der Waals surface area (Å²) in [4.78, 5) is 14.1. The van der Waals surface area contributed by atoms with Crippen LogP contribution in [-0.4, -0.2) is 40.6 Å². The van der Waals surface area contributed by atoms with Crippen LogP contribution in [0.25, 0.3) is 0 Å². The van der Waals surface area contributed by atoms with Crippen LogP contribution in [0.15, 0.2) is 0 Å². The highest BCUT2D eigenvalue weighted by molar-refractivity contribution is 5.83. The van der Waals surface area contributed by atoms with E-state index < -0.39 is 11.0 Å². The van der Waals surface area contributed by atoms with Gasteiger partial charge in [-0.2, -0.15) is 0 Å². The first-order valence-electron chi connectivity index (χ1n) is 5.92. The smallest absolute Gasteiger partial charge is 0.230 e. The first-order chi connectivity index (χ1) is 7.16. The number of aliphatic hydroxyl groups excluding tert-OH is 1. The van der Waals surface area contributed by atoms with Gasteiger partial charge in [-0.15, -0.1) is 0 Å². The molecule has 4 heteroatoms. The summed E-state index contributed by atoms with van der Waals surface area (Å²) in [7, 11) is 0. The molecule has 0 aliphatic carbocycles. The Morgan fingerprint density at radius 3 is 2.38 bits per heavy atom.